The number of allylic oxidation sites excluding steroid dienone is 1. The van der Waals surface area contributed by atoms with Crippen molar-refractivity contribution in [2.24, 2.45) is 0 Å². The Bertz CT molecular complexity index is 751. The van der Waals surface area contributed by atoms with Crippen LogP contribution in [0.4, 0.5) is 11.4 Å². The number of hydrogen-bond donors (Lipinski definition) is 3. The summed E-state index contributed by atoms with van der Waals surface area (Å²) in [5, 5.41) is 1.90. The first-order valence-corrected chi connectivity index (χ1v) is 9.78. The highest BCUT2D eigenvalue weighted by Crippen LogP contribution is 2.24. The second kappa shape index (κ2) is 8.84. The van der Waals surface area contributed by atoms with Gasteiger partial charge in [0.2, 0.25) is 0 Å². The largest absolute Gasteiger partial charge is 0.588 e. The molecule has 0 saturated carbocycles. The smallest absolute Gasteiger partial charge is 0.182 e. The summed E-state index contributed by atoms with van der Waals surface area (Å²) in [6.07, 6.45) is 5.34. The van der Waals surface area contributed by atoms with Crippen LogP contribution >= 0.6 is 0 Å². The minimum atomic E-state index is -1.35. The first-order valence-electron chi connectivity index (χ1n) is 8.63. The third kappa shape index (κ3) is 4.63. The van der Waals surface area contributed by atoms with Crippen molar-refractivity contribution in [2.75, 3.05) is 16.8 Å². The molecule has 1 aliphatic heterocycles. The molecule has 26 heavy (non-hydrogen) atoms. The Balaban J connectivity index is 1.67. The summed E-state index contributed by atoms with van der Waals surface area (Å²) in [4.78, 5) is 0.704. The molecule has 0 bridgehead atoms. The SMILES string of the molecule is CCCCC1=CN(c2cccc([S+]([O-])Nc3ccc(OC)cc3)c2)NN1. The number of methoxy groups -OCH3 is 1. The van der Waals surface area contributed by atoms with E-state index in [2.05, 4.69) is 22.6 Å². The van der Waals surface area contributed by atoms with Gasteiger partial charge in [-0.1, -0.05) is 19.4 Å². The summed E-state index contributed by atoms with van der Waals surface area (Å²) in [5.74, 6) is 0.765. The van der Waals surface area contributed by atoms with E-state index in [4.69, 9.17) is 4.74 Å². The second-order valence-corrected chi connectivity index (χ2v) is 7.17. The zero-order chi connectivity index (χ0) is 18.4. The minimum absolute atomic E-state index is 0.704. The molecule has 3 N–H and O–H groups in total. The Morgan fingerprint density at radius 1 is 1.19 bits per heavy atom. The van der Waals surface area contributed by atoms with Crippen LogP contribution in [0.25, 0.3) is 0 Å². The van der Waals surface area contributed by atoms with Crippen molar-refractivity contribution in [3.63, 3.8) is 0 Å². The number of anilines is 2. The van der Waals surface area contributed by atoms with E-state index in [1.54, 1.807) is 7.11 Å². The molecule has 1 heterocycles. The van der Waals surface area contributed by atoms with Crippen LogP contribution in [0, 0.1) is 0 Å². The van der Waals surface area contributed by atoms with Crippen molar-refractivity contribution in [1.82, 2.24) is 11.0 Å². The summed E-state index contributed by atoms with van der Waals surface area (Å²) in [6.45, 7) is 2.18. The molecule has 6 nitrogen and oxygen atoms in total. The molecule has 1 aliphatic rings. The fourth-order valence-electron chi connectivity index (χ4n) is 2.56. The maximum atomic E-state index is 12.6. The van der Waals surface area contributed by atoms with Gasteiger partial charge in [-0.25, -0.2) is 4.72 Å². The van der Waals surface area contributed by atoms with E-state index in [1.165, 1.54) is 0 Å². The van der Waals surface area contributed by atoms with Crippen molar-refractivity contribution in [2.45, 2.75) is 31.1 Å². The van der Waals surface area contributed by atoms with E-state index in [9.17, 15) is 4.55 Å². The topological polar surface area (TPSA) is 71.6 Å². The van der Waals surface area contributed by atoms with Crippen LogP contribution in [0.15, 0.2) is 65.3 Å². The maximum absolute atomic E-state index is 12.6. The van der Waals surface area contributed by atoms with E-state index in [0.717, 1.165) is 42.1 Å². The lowest BCUT2D eigenvalue weighted by Crippen LogP contribution is -2.36. The summed E-state index contributed by atoms with van der Waals surface area (Å²) in [7, 11) is 1.62. The molecule has 0 spiro atoms. The molecule has 0 amide bonds. The average Bonchev–Trinajstić information content (AvgIpc) is 3.16. The summed E-state index contributed by atoms with van der Waals surface area (Å²) in [6, 6.07) is 15.0. The molecule has 0 fully saturated rings. The quantitative estimate of drug-likeness (QED) is 0.614. The van der Waals surface area contributed by atoms with Crippen molar-refractivity contribution >= 4 is 22.7 Å². The van der Waals surface area contributed by atoms with Crippen LogP contribution in [-0.2, 0) is 11.4 Å². The highest BCUT2D eigenvalue weighted by Gasteiger charge is 2.17. The van der Waals surface area contributed by atoms with Crippen LogP contribution < -0.4 is 25.4 Å². The van der Waals surface area contributed by atoms with Crippen molar-refractivity contribution in [3.05, 3.63) is 60.4 Å². The lowest BCUT2D eigenvalue weighted by Gasteiger charge is -2.17. The fourth-order valence-corrected chi connectivity index (χ4v) is 3.46. The normalized spacial score (nSPS) is 14.6. The Morgan fingerprint density at radius 3 is 2.73 bits per heavy atom. The van der Waals surface area contributed by atoms with E-state index >= 15 is 0 Å². The van der Waals surface area contributed by atoms with Gasteiger partial charge in [0, 0.05) is 18.0 Å². The maximum Gasteiger partial charge on any atom is 0.182 e. The molecule has 2 aromatic carbocycles. The van der Waals surface area contributed by atoms with Gasteiger partial charge in [-0.15, -0.1) is 5.53 Å². The van der Waals surface area contributed by atoms with E-state index in [-0.39, 0.29) is 0 Å². The molecule has 0 aliphatic carbocycles. The predicted octanol–water partition coefficient (Wildman–Crippen LogP) is 3.69. The van der Waals surface area contributed by atoms with Crippen molar-refractivity contribution in [3.8, 4) is 5.75 Å². The van der Waals surface area contributed by atoms with Crippen LogP contribution in [-0.4, -0.2) is 11.7 Å². The van der Waals surface area contributed by atoms with Crippen LogP contribution in [0.3, 0.4) is 0 Å². The number of unbranched alkanes of at least 4 members (excludes halogenated alkanes) is 1. The Labute approximate surface area is 157 Å². The molecular weight excluding hydrogens is 348 g/mol. The molecule has 138 valence electrons. The number of rotatable bonds is 8. The van der Waals surface area contributed by atoms with Gasteiger partial charge in [-0.2, -0.15) is 0 Å². The molecule has 0 saturated heterocycles. The highest BCUT2D eigenvalue weighted by molar-refractivity contribution is 7.92. The van der Waals surface area contributed by atoms with Gasteiger partial charge in [0.05, 0.1) is 18.5 Å². The Morgan fingerprint density at radius 2 is 2.00 bits per heavy atom. The first kappa shape index (κ1) is 18.4. The minimum Gasteiger partial charge on any atom is -0.588 e. The molecule has 7 heteroatoms. The van der Waals surface area contributed by atoms with Crippen LogP contribution in [0.2, 0.25) is 0 Å². The summed E-state index contributed by atoms with van der Waals surface area (Å²) in [5.41, 5.74) is 9.14. The third-order valence-electron chi connectivity index (χ3n) is 4.03. The molecule has 3 rings (SSSR count). The molecule has 2 aromatic rings. The van der Waals surface area contributed by atoms with Crippen molar-refractivity contribution in [1.29, 1.82) is 0 Å². The zero-order valence-corrected chi connectivity index (χ0v) is 15.8. The molecule has 0 radical (unpaired) electrons. The first-order chi connectivity index (χ1) is 12.7. The standard InChI is InChI=1S/C19H24N4O2S/c1-3-4-6-16-14-23(22-20-16)17-7-5-8-19(13-17)26(24)21-15-9-11-18(25-2)12-10-15/h5,7-14,20-22H,3-4,6H2,1-2H3. The van der Waals surface area contributed by atoms with E-state index < -0.39 is 11.4 Å². The van der Waals surface area contributed by atoms with Gasteiger partial charge >= 0.3 is 0 Å². The van der Waals surface area contributed by atoms with E-state index in [0.29, 0.717) is 4.90 Å². The number of hydrazine groups is 2. The third-order valence-corrected chi connectivity index (χ3v) is 5.14. The number of ether oxygens (including phenoxy) is 1. The number of benzene rings is 2. The highest BCUT2D eigenvalue weighted by atomic mass is 32.2. The van der Waals surface area contributed by atoms with Gasteiger partial charge in [-0.05, 0) is 49.2 Å². The van der Waals surface area contributed by atoms with E-state index in [1.807, 2.05) is 59.7 Å². The lowest BCUT2D eigenvalue weighted by atomic mass is 10.2. The molecule has 1 unspecified atom stereocenters. The number of nitrogens with one attached hydrogen (secondary N) is 3. The molecule has 0 aromatic heterocycles. The Kier molecular flexibility index (Phi) is 6.27. The lowest BCUT2D eigenvalue weighted by molar-refractivity contribution is 0.415. The van der Waals surface area contributed by atoms with Crippen molar-refractivity contribution < 1.29 is 9.29 Å². The number of hydrogen-bond acceptors (Lipinski definition) is 6. The van der Waals surface area contributed by atoms with Gasteiger partial charge in [0.25, 0.3) is 0 Å². The average molecular weight is 372 g/mol. The van der Waals surface area contributed by atoms with Gasteiger partial charge < -0.3 is 14.7 Å². The second-order valence-electron chi connectivity index (χ2n) is 5.96. The summed E-state index contributed by atoms with van der Waals surface area (Å²) >= 11 is -1.35. The molecular formula is C19H24N4O2S. The zero-order valence-electron chi connectivity index (χ0n) is 15.0. The van der Waals surface area contributed by atoms with Crippen LogP contribution in [0.5, 0.6) is 5.75 Å². The van der Waals surface area contributed by atoms with Gasteiger partial charge in [0.15, 0.2) is 4.90 Å². The predicted molar refractivity (Wildman–Crippen MR) is 106 cm³/mol. The Hall–Kier alpha value is -2.35. The summed E-state index contributed by atoms with van der Waals surface area (Å²) < 4.78 is 20.8. The van der Waals surface area contributed by atoms with Gasteiger partial charge in [0.1, 0.15) is 17.1 Å². The van der Waals surface area contributed by atoms with Gasteiger partial charge in [-0.3, -0.25) is 5.01 Å². The van der Waals surface area contributed by atoms with Crippen LogP contribution in [0.1, 0.15) is 26.2 Å². The fraction of sp³-hybridized carbons (Fsp3) is 0.263. The molecule has 1 atom stereocenters. The monoisotopic (exact) mass is 372 g/mol. The number of nitrogens with zero attached hydrogens (tertiary/aromatic N) is 1.